The Morgan fingerprint density at radius 3 is 2.38 bits per heavy atom. The molecule has 0 aromatic heterocycles. The molecule has 0 aliphatic carbocycles. The fourth-order valence-corrected chi connectivity index (χ4v) is 3.23. The van der Waals surface area contributed by atoms with Crippen molar-refractivity contribution in [1.29, 1.82) is 0 Å². The summed E-state index contributed by atoms with van der Waals surface area (Å²) >= 11 is 5.64. The molecule has 134 valence electrons. The Morgan fingerprint density at radius 2 is 1.77 bits per heavy atom. The quantitative estimate of drug-likeness (QED) is 0.733. The Labute approximate surface area is 159 Å². The first-order valence-electron chi connectivity index (χ1n) is 8.72. The number of ether oxygens (including phenoxy) is 1. The van der Waals surface area contributed by atoms with Gasteiger partial charge < -0.3 is 10.1 Å². The van der Waals surface area contributed by atoms with E-state index in [1.807, 2.05) is 54.6 Å². The summed E-state index contributed by atoms with van der Waals surface area (Å²) in [6.07, 6.45) is 1.93. The second-order valence-electron chi connectivity index (χ2n) is 6.09. The lowest BCUT2D eigenvalue weighted by Crippen LogP contribution is -2.32. The summed E-state index contributed by atoms with van der Waals surface area (Å²) in [5, 5.41) is 3.35. The van der Waals surface area contributed by atoms with Gasteiger partial charge in [-0.3, -0.25) is 9.69 Å². The van der Waals surface area contributed by atoms with E-state index in [-0.39, 0.29) is 5.91 Å². The molecule has 0 fully saturated rings. The molecule has 2 aromatic rings. The van der Waals surface area contributed by atoms with Gasteiger partial charge in [-0.25, -0.2) is 0 Å². The molecule has 5 heteroatoms. The van der Waals surface area contributed by atoms with E-state index in [4.69, 9.17) is 17.0 Å². The highest BCUT2D eigenvalue weighted by Crippen LogP contribution is 2.31. The van der Waals surface area contributed by atoms with Crippen molar-refractivity contribution >= 4 is 34.4 Å². The first-order chi connectivity index (χ1) is 12.7. The molecular weight excluding hydrogens is 344 g/mol. The van der Waals surface area contributed by atoms with E-state index in [9.17, 15) is 4.79 Å². The summed E-state index contributed by atoms with van der Waals surface area (Å²) in [5.41, 5.74) is 3.05. The van der Waals surface area contributed by atoms with E-state index in [1.165, 1.54) is 0 Å². The van der Waals surface area contributed by atoms with E-state index < -0.39 is 0 Å². The number of hydrogen-bond acceptors (Lipinski definition) is 4. The number of hydrogen-bond donors (Lipinski definition) is 1. The molecule has 0 saturated heterocycles. The van der Waals surface area contributed by atoms with Crippen molar-refractivity contribution in [2.45, 2.75) is 19.8 Å². The second-order valence-corrected chi connectivity index (χ2v) is 6.47. The third-order valence-corrected chi connectivity index (χ3v) is 4.75. The van der Waals surface area contributed by atoms with Crippen LogP contribution < -0.4 is 10.1 Å². The highest BCUT2D eigenvalue weighted by Gasteiger charge is 2.35. The third-order valence-electron chi connectivity index (χ3n) is 4.33. The smallest absolute Gasteiger partial charge is 0.261 e. The molecule has 1 amide bonds. The number of carbonyl (C=O) groups is 1. The molecule has 1 aliphatic rings. The van der Waals surface area contributed by atoms with E-state index >= 15 is 0 Å². The fourth-order valence-electron chi connectivity index (χ4n) is 2.90. The molecule has 3 rings (SSSR count). The summed E-state index contributed by atoms with van der Waals surface area (Å²) in [4.78, 5) is 15.3. The molecule has 0 saturated carbocycles. The lowest BCUT2D eigenvalue weighted by atomic mass is 10.0. The topological polar surface area (TPSA) is 41.6 Å². The van der Waals surface area contributed by atoms with Crippen LogP contribution in [-0.4, -0.2) is 29.5 Å². The highest BCUT2D eigenvalue weighted by atomic mass is 32.1. The van der Waals surface area contributed by atoms with Crippen LogP contribution in [0.1, 0.15) is 25.3 Å². The van der Waals surface area contributed by atoms with Crippen molar-refractivity contribution in [3.05, 3.63) is 65.9 Å². The van der Waals surface area contributed by atoms with Gasteiger partial charge in [-0.2, -0.15) is 0 Å². The molecule has 0 atom stereocenters. The van der Waals surface area contributed by atoms with Crippen LogP contribution in [0.4, 0.5) is 5.69 Å². The monoisotopic (exact) mass is 366 g/mol. The molecule has 0 spiro atoms. The maximum atomic E-state index is 13.0. The van der Waals surface area contributed by atoms with Gasteiger partial charge in [0.25, 0.3) is 5.91 Å². The van der Waals surface area contributed by atoms with Crippen molar-refractivity contribution in [2.24, 2.45) is 0 Å². The Hall–Kier alpha value is -2.66. The first kappa shape index (κ1) is 18.1. The molecule has 2 aromatic carbocycles. The van der Waals surface area contributed by atoms with Gasteiger partial charge in [-0.15, -0.1) is 0 Å². The predicted octanol–water partition coefficient (Wildman–Crippen LogP) is 4.49. The van der Waals surface area contributed by atoms with E-state index in [0.717, 1.165) is 29.8 Å². The number of unbranched alkanes of at least 4 members (excludes halogenated alkanes) is 1. The molecule has 1 heterocycles. The summed E-state index contributed by atoms with van der Waals surface area (Å²) in [6.45, 7) is 2.74. The van der Waals surface area contributed by atoms with Crippen LogP contribution >= 0.6 is 12.2 Å². The number of nitrogens with one attached hydrogen (secondary N) is 1. The number of rotatable bonds is 7. The van der Waals surface area contributed by atoms with Gasteiger partial charge in [0.1, 0.15) is 10.7 Å². The molecule has 0 radical (unpaired) electrons. The molecule has 4 nitrogen and oxygen atoms in total. The number of benzene rings is 2. The normalized spacial score (nSPS) is 14.2. The SMILES string of the molecule is CCCCN1C(=O)C(c2ccccc2)=C(Nc2ccc(OC)cc2)C1=S. The second kappa shape index (κ2) is 8.15. The van der Waals surface area contributed by atoms with Gasteiger partial charge in [0.2, 0.25) is 0 Å². The van der Waals surface area contributed by atoms with Gasteiger partial charge in [0.05, 0.1) is 18.4 Å². The minimum atomic E-state index is -0.0364. The molecule has 26 heavy (non-hydrogen) atoms. The van der Waals surface area contributed by atoms with E-state index in [1.54, 1.807) is 12.0 Å². The zero-order valence-corrected chi connectivity index (χ0v) is 15.8. The number of amides is 1. The predicted molar refractivity (Wildman–Crippen MR) is 109 cm³/mol. The van der Waals surface area contributed by atoms with Crippen molar-refractivity contribution in [3.8, 4) is 5.75 Å². The maximum Gasteiger partial charge on any atom is 0.261 e. The Kier molecular flexibility index (Phi) is 5.68. The highest BCUT2D eigenvalue weighted by molar-refractivity contribution is 7.80. The zero-order chi connectivity index (χ0) is 18.5. The van der Waals surface area contributed by atoms with Crippen molar-refractivity contribution in [1.82, 2.24) is 4.90 Å². The molecule has 1 N–H and O–H groups in total. The van der Waals surface area contributed by atoms with Crippen LogP contribution in [0.15, 0.2) is 60.3 Å². The number of nitrogens with zero attached hydrogens (tertiary/aromatic N) is 1. The van der Waals surface area contributed by atoms with Gasteiger partial charge in [-0.1, -0.05) is 55.9 Å². The van der Waals surface area contributed by atoms with Crippen molar-refractivity contribution in [2.75, 3.05) is 19.0 Å². The lowest BCUT2D eigenvalue weighted by molar-refractivity contribution is -0.120. The molecule has 1 aliphatic heterocycles. The maximum absolute atomic E-state index is 13.0. The number of methoxy groups -OCH3 is 1. The van der Waals surface area contributed by atoms with E-state index in [0.29, 0.717) is 22.8 Å². The zero-order valence-electron chi connectivity index (χ0n) is 15.0. The van der Waals surface area contributed by atoms with Crippen LogP contribution in [0.2, 0.25) is 0 Å². The number of carbonyl (C=O) groups excluding carboxylic acids is 1. The first-order valence-corrected chi connectivity index (χ1v) is 9.13. The van der Waals surface area contributed by atoms with Crippen molar-refractivity contribution in [3.63, 3.8) is 0 Å². The summed E-state index contributed by atoms with van der Waals surface area (Å²) in [7, 11) is 1.63. The number of thiocarbonyl (C=S) groups is 1. The summed E-state index contributed by atoms with van der Waals surface area (Å²) in [5.74, 6) is 0.744. The van der Waals surface area contributed by atoms with Gasteiger partial charge in [0, 0.05) is 12.2 Å². The summed E-state index contributed by atoms with van der Waals surface area (Å²) < 4.78 is 5.20. The van der Waals surface area contributed by atoms with E-state index in [2.05, 4.69) is 12.2 Å². The molecule has 0 unspecified atom stereocenters. The third kappa shape index (κ3) is 3.63. The Balaban J connectivity index is 1.98. The average Bonchev–Trinajstić information content (AvgIpc) is 2.91. The lowest BCUT2D eigenvalue weighted by Gasteiger charge is -2.17. The van der Waals surface area contributed by atoms with Crippen LogP contribution in [0.5, 0.6) is 5.75 Å². The molecule has 0 bridgehead atoms. The minimum Gasteiger partial charge on any atom is -0.497 e. The van der Waals surface area contributed by atoms with Gasteiger partial charge in [0.15, 0.2) is 0 Å². The Morgan fingerprint density at radius 1 is 1.08 bits per heavy atom. The van der Waals surface area contributed by atoms with Crippen LogP contribution in [0.25, 0.3) is 5.57 Å². The standard InChI is InChI=1S/C21H22N2O2S/c1-3-4-14-23-20(24)18(15-8-6-5-7-9-15)19(21(23)26)22-16-10-12-17(25-2)13-11-16/h5-13,22H,3-4,14H2,1-2H3. The van der Waals surface area contributed by atoms with Crippen molar-refractivity contribution < 1.29 is 9.53 Å². The van der Waals surface area contributed by atoms with Gasteiger partial charge in [-0.05, 0) is 36.2 Å². The van der Waals surface area contributed by atoms with Crippen LogP contribution in [0.3, 0.4) is 0 Å². The average molecular weight is 366 g/mol. The fraction of sp³-hybridized carbons (Fsp3) is 0.238. The van der Waals surface area contributed by atoms with Gasteiger partial charge >= 0.3 is 0 Å². The van der Waals surface area contributed by atoms with Crippen LogP contribution in [-0.2, 0) is 4.79 Å². The molecular formula is C21H22N2O2S. The largest absolute Gasteiger partial charge is 0.497 e. The Bertz CT molecular complexity index is 829. The van der Waals surface area contributed by atoms with Crippen LogP contribution in [0, 0.1) is 0 Å². The minimum absolute atomic E-state index is 0.0364. The summed E-state index contributed by atoms with van der Waals surface area (Å²) in [6, 6.07) is 17.2. The number of anilines is 1.